The lowest BCUT2D eigenvalue weighted by molar-refractivity contribution is 0.0600. The number of nitrogens with zero attached hydrogens (tertiary/aromatic N) is 3. The van der Waals surface area contributed by atoms with E-state index in [1.807, 2.05) is 42.5 Å². The number of rotatable bonds is 9. The summed E-state index contributed by atoms with van der Waals surface area (Å²) in [6.07, 6.45) is 3.54. The van der Waals surface area contributed by atoms with E-state index in [1.165, 1.54) is 7.11 Å². The second-order valence-electron chi connectivity index (χ2n) is 9.58. The molecule has 2 aromatic carbocycles. The third kappa shape index (κ3) is 5.93. The quantitative estimate of drug-likeness (QED) is 0.156. The van der Waals surface area contributed by atoms with Crippen LogP contribution in [0.5, 0.6) is 0 Å². The normalized spacial score (nSPS) is 11.4. The van der Waals surface area contributed by atoms with Crippen LogP contribution in [0.3, 0.4) is 0 Å². The molecule has 6 nitrogen and oxygen atoms in total. The van der Waals surface area contributed by atoms with Crippen molar-refractivity contribution in [3.05, 3.63) is 84.7 Å². The Morgan fingerprint density at radius 1 is 0.886 bits per heavy atom. The molecule has 0 amide bonds. The van der Waals surface area contributed by atoms with Crippen LogP contribution >= 0.6 is 0 Å². The number of hydrogen-bond acceptors (Lipinski definition) is 5. The summed E-state index contributed by atoms with van der Waals surface area (Å²) in [5.41, 5.74) is 5.18. The van der Waals surface area contributed by atoms with Crippen LogP contribution in [0.15, 0.2) is 79.1 Å². The summed E-state index contributed by atoms with van der Waals surface area (Å²) >= 11 is 0. The Morgan fingerprint density at radius 3 is 2.20 bits per heavy atom. The van der Waals surface area contributed by atoms with Crippen LogP contribution in [0.1, 0.15) is 10.4 Å². The third-order valence-electron chi connectivity index (χ3n) is 5.75. The van der Waals surface area contributed by atoms with Crippen molar-refractivity contribution < 1.29 is 14.3 Å². The number of carbonyl (C=O) groups excluding carboxylic acids is 1. The third-order valence-corrected chi connectivity index (χ3v) is 7.45. The summed E-state index contributed by atoms with van der Waals surface area (Å²) in [4.78, 5) is 21.3. The standard InChI is InChI=1S/C28H31N3O3Si/c1-33-28(32)24-12-10-22(11-13-24)26-25(21-14-16-29-17-15-21)30-27(23-8-6-5-7-9-23)31(26)20-34-18-19-35(2,3)4/h5-17H,18-20H2,1-4H3. The second kappa shape index (κ2) is 10.8. The molecule has 2 heterocycles. The monoisotopic (exact) mass is 485 g/mol. The summed E-state index contributed by atoms with van der Waals surface area (Å²) in [5, 5.41) is 0. The maximum Gasteiger partial charge on any atom is 0.337 e. The van der Waals surface area contributed by atoms with Gasteiger partial charge in [-0.1, -0.05) is 62.1 Å². The van der Waals surface area contributed by atoms with E-state index >= 15 is 0 Å². The predicted molar refractivity (Wildman–Crippen MR) is 142 cm³/mol. The van der Waals surface area contributed by atoms with Crippen molar-refractivity contribution in [2.24, 2.45) is 0 Å². The van der Waals surface area contributed by atoms with Gasteiger partial charge in [-0.25, -0.2) is 9.78 Å². The molecule has 0 aliphatic rings. The van der Waals surface area contributed by atoms with Gasteiger partial charge >= 0.3 is 5.97 Å². The van der Waals surface area contributed by atoms with Gasteiger partial charge < -0.3 is 9.47 Å². The molecule has 35 heavy (non-hydrogen) atoms. The van der Waals surface area contributed by atoms with Crippen molar-refractivity contribution in [3.63, 3.8) is 0 Å². The van der Waals surface area contributed by atoms with Crippen molar-refractivity contribution in [3.8, 4) is 33.9 Å². The zero-order chi connectivity index (χ0) is 24.8. The lowest BCUT2D eigenvalue weighted by atomic mass is 10.0. The Labute approximate surface area is 207 Å². The lowest BCUT2D eigenvalue weighted by Crippen LogP contribution is -2.22. The zero-order valence-corrected chi connectivity index (χ0v) is 21.7. The highest BCUT2D eigenvalue weighted by molar-refractivity contribution is 6.76. The number of benzene rings is 2. The molecule has 0 spiro atoms. The topological polar surface area (TPSA) is 66.2 Å². The number of ether oxygens (including phenoxy) is 2. The highest BCUT2D eigenvalue weighted by Gasteiger charge is 2.22. The van der Waals surface area contributed by atoms with Gasteiger partial charge in [-0.3, -0.25) is 9.55 Å². The van der Waals surface area contributed by atoms with E-state index in [0.717, 1.165) is 39.9 Å². The van der Waals surface area contributed by atoms with Gasteiger partial charge in [0.05, 0.1) is 24.1 Å². The Morgan fingerprint density at radius 2 is 1.57 bits per heavy atom. The number of methoxy groups -OCH3 is 1. The van der Waals surface area contributed by atoms with Crippen LogP contribution in [0.2, 0.25) is 25.7 Å². The van der Waals surface area contributed by atoms with Crippen LogP contribution in [0.25, 0.3) is 33.9 Å². The van der Waals surface area contributed by atoms with E-state index in [0.29, 0.717) is 18.9 Å². The smallest absolute Gasteiger partial charge is 0.337 e. The predicted octanol–water partition coefficient (Wildman–Crippen LogP) is 6.38. The first-order chi connectivity index (χ1) is 16.9. The molecular formula is C28H31N3O3Si. The van der Waals surface area contributed by atoms with Crippen molar-refractivity contribution in [1.29, 1.82) is 0 Å². The van der Waals surface area contributed by atoms with Crippen molar-refractivity contribution >= 4 is 14.0 Å². The first-order valence-electron chi connectivity index (χ1n) is 11.7. The van der Waals surface area contributed by atoms with Crippen LogP contribution in [0.4, 0.5) is 0 Å². The Hall–Kier alpha value is -3.55. The van der Waals surface area contributed by atoms with Gasteiger partial charge in [-0.05, 0) is 30.3 Å². The van der Waals surface area contributed by atoms with Crippen LogP contribution < -0.4 is 0 Å². The number of hydrogen-bond donors (Lipinski definition) is 0. The first-order valence-corrected chi connectivity index (χ1v) is 15.4. The summed E-state index contributed by atoms with van der Waals surface area (Å²) in [6.45, 7) is 8.12. The highest BCUT2D eigenvalue weighted by atomic mass is 28.3. The SMILES string of the molecule is COC(=O)c1ccc(-c2c(-c3ccncc3)nc(-c3ccccc3)n2COCC[Si](C)(C)C)cc1. The molecular weight excluding hydrogens is 454 g/mol. The number of carbonyl (C=O) groups is 1. The molecule has 0 aliphatic carbocycles. The lowest BCUT2D eigenvalue weighted by Gasteiger charge is -2.17. The fraction of sp³-hybridized carbons (Fsp3) is 0.250. The fourth-order valence-electron chi connectivity index (χ4n) is 3.81. The first kappa shape index (κ1) is 24.6. The molecule has 180 valence electrons. The fourth-order valence-corrected chi connectivity index (χ4v) is 4.56. The van der Waals surface area contributed by atoms with E-state index < -0.39 is 8.07 Å². The molecule has 0 bridgehead atoms. The van der Waals surface area contributed by atoms with E-state index in [4.69, 9.17) is 14.5 Å². The largest absolute Gasteiger partial charge is 0.465 e. The number of aromatic nitrogens is 3. The Bertz CT molecular complexity index is 1260. The molecule has 0 saturated heterocycles. The Balaban J connectivity index is 1.85. The molecule has 0 unspecified atom stereocenters. The summed E-state index contributed by atoms with van der Waals surface area (Å²) in [5.74, 6) is 0.469. The maximum atomic E-state index is 12.0. The molecule has 0 N–H and O–H groups in total. The molecule has 0 aliphatic heterocycles. The van der Waals surface area contributed by atoms with Gasteiger partial charge in [0.15, 0.2) is 0 Å². The van der Waals surface area contributed by atoms with Crippen LogP contribution in [-0.4, -0.2) is 42.3 Å². The van der Waals surface area contributed by atoms with Gasteiger partial charge in [0.25, 0.3) is 0 Å². The van der Waals surface area contributed by atoms with Crippen molar-refractivity contribution in [2.45, 2.75) is 32.4 Å². The number of esters is 1. The highest BCUT2D eigenvalue weighted by Crippen LogP contribution is 2.36. The number of pyridine rings is 1. The molecule has 7 heteroatoms. The van der Waals surface area contributed by atoms with Crippen LogP contribution in [0, 0.1) is 0 Å². The second-order valence-corrected chi connectivity index (χ2v) is 15.2. The average molecular weight is 486 g/mol. The van der Waals surface area contributed by atoms with Crippen molar-refractivity contribution in [1.82, 2.24) is 14.5 Å². The minimum absolute atomic E-state index is 0.362. The Kier molecular flexibility index (Phi) is 7.58. The summed E-state index contributed by atoms with van der Waals surface area (Å²) in [7, 11) is 0.166. The van der Waals surface area contributed by atoms with Crippen LogP contribution in [-0.2, 0) is 16.2 Å². The molecule has 0 radical (unpaired) electrons. The van der Waals surface area contributed by atoms with E-state index in [1.54, 1.807) is 24.5 Å². The average Bonchev–Trinajstić information content (AvgIpc) is 3.26. The molecule has 0 atom stereocenters. The van der Waals surface area contributed by atoms with Gasteiger partial charge in [0.2, 0.25) is 0 Å². The van der Waals surface area contributed by atoms with Gasteiger partial charge in [-0.15, -0.1) is 0 Å². The molecule has 0 saturated carbocycles. The van der Waals surface area contributed by atoms with E-state index in [2.05, 4.69) is 41.3 Å². The minimum atomic E-state index is -1.22. The summed E-state index contributed by atoms with van der Waals surface area (Å²) in [6, 6.07) is 22.6. The molecule has 0 fully saturated rings. The van der Waals surface area contributed by atoms with E-state index in [9.17, 15) is 4.79 Å². The minimum Gasteiger partial charge on any atom is -0.465 e. The summed E-state index contributed by atoms with van der Waals surface area (Å²) < 4.78 is 13.2. The zero-order valence-electron chi connectivity index (χ0n) is 20.7. The molecule has 2 aromatic heterocycles. The maximum absolute atomic E-state index is 12.0. The van der Waals surface area contributed by atoms with Gasteiger partial charge in [-0.2, -0.15) is 0 Å². The number of imidazole rings is 1. The molecule has 4 rings (SSSR count). The van der Waals surface area contributed by atoms with Gasteiger partial charge in [0.1, 0.15) is 12.6 Å². The molecule has 4 aromatic rings. The van der Waals surface area contributed by atoms with Gasteiger partial charge in [0, 0.05) is 43.8 Å². The van der Waals surface area contributed by atoms with Crippen molar-refractivity contribution in [2.75, 3.05) is 13.7 Å². The van der Waals surface area contributed by atoms with E-state index in [-0.39, 0.29) is 5.97 Å².